The van der Waals surface area contributed by atoms with Crippen molar-refractivity contribution in [3.63, 3.8) is 0 Å². The first-order valence-corrected chi connectivity index (χ1v) is 15.1. The first-order valence-electron chi connectivity index (χ1n) is 12.0. The molecule has 0 amide bonds. The molecule has 0 bridgehead atoms. The summed E-state index contributed by atoms with van der Waals surface area (Å²) >= 11 is 14.9. The highest BCUT2D eigenvalue weighted by Gasteiger charge is 2.47. The molecule has 206 valence electrons. The highest BCUT2D eigenvalue weighted by Crippen LogP contribution is 2.63. The SMILES string of the molecule is COc1c(Br)c(OC)c2c(c1Br)O[C@@H](c1c(OC)c(Br)c(OC)c(Br)c1OC)[C@@H](C(C)C)[C@@H]2CC(C)C. The predicted molar refractivity (Wildman–Crippen MR) is 160 cm³/mol. The van der Waals surface area contributed by atoms with E-state index in [1.165, 1.54) is 0 Å². The van der Waals surface area contributed by atoms with Crippen LogP contribution in [0, 0.1) is 17.8 Å². The molecule has 6 nitrogen and oxygen atoms in total. The van der Waals surface area contributed by atoms with E-state index in [9.17, 15) is 0 Å². The molecule has 3 atom stereocenters. The quantitative estimate of drug-likeness (QED) is 0.253. The lowest BCUT2D eigenvalue weighted by molar-refractivity contribution is 0.0496. The van der Waals surface area contributed by atoms with E-state index in [-0.39, 0.29) is 17.8 Å². The first-order chi connectivity index (χ1) is 17.5. The lowest BCUT2D eigenvalue weighted by atomic mass is 9.69. The summed E-state index contributed by atoms with van der Waals surface area (Å²) in [7, 11) is 8.20. The molecule has 0 saturated heterocycles. The van der Waals surface area contributed by atoms with E-state index < -0.39 is 6.10 Å². The summed E-state index contributed by atoms with van der Waals surface area (Å²) in [6, 6.07) is 0. The number of benzene rings is 2. The van der Waals surface area contributed by atoms with Crippen LogP contribution in [-0.2, 0) is 0 Å². The summed E-state index contributed by atoms with van der Waals surface area (Å²) < 4.78 is 39.1. The number of hydrogen-bond donors (Lipinski definition) is 0. The third-order valence-electron chi connectivity index (χ3n) is 6.80. The number of ether oxygens (including phenoxy) is 6. The van der Waals surface area contributed by atoms with Crippen LogP contribution in [0.15, 0.2) is 17.9 Å². The number of methoxy groups -OCH3 is 5. The fraction of sp³-hybridized carbons (Fsp3) is 0.556. The van der Waals surface area contributed by atoms with Gasteiger partial charge in [0.25, 0.3) is 0 Å². The molecule has 0 saturated carbocycles. The second-order valence-electron chi connectivity index (χ2n) is 9.67. The lowest BCUT2D eigenvalue weighted by Gasteiger charge is -2.44. The summed E-state index contributed by atoms with van der Waals surface area (Å²) in [5.74, 6) is 4.66. The summed E-state index contributed by atoms with van der Waals surface area (Å²) in [6.45, 7) is 8.94. The van der Waals surface area contributed by atoms with E-state index in [1.807, 2.05) is 0 Å². The zero-order valence-corrected chi connectivity index (χ0v) is 28.9. The van der Waals surface area contributed by atoms with Crippen molar-refractivity contribution < 1.29 is 28.4 Å². The largest absolute Gasteiger partial charge is 0.495 e. The maximum absolute atomic E-state index is 6.97. The normalized spacial score (nSPS) is 18.9. The molecule has 0 aliphatic carbocycles. The van der Waals surface area contributed by atoms with Crippen molar-refractivity contribution in [2.24, 2.45) is 17.8 Å². The second kappa shape index (κ2) is 12.6. The molecule has 0 fully saturated rings. The van der Waals surface area contributed by atoms with Gasteiger partial charge in [0, 0.05) is 11.5 Å². The van der Waals surface area contributed by atoms with Gasteiger partial charge in [-0.1, -0.05) is 27.7 Å². The Kier molecular flexibility index (Phi) is 10.4. The third-order valence-corrected chi connectivity index (χ3v) is 9.68. The van der Waals surface area contributed by atoms with Crippen LogP contribution in [-0.4, -0.2) is 35.5 Å². The minimum atomic E-state index is -0.411. The number of rotatable bonds is 9. The first kappa shape index (κ1) is 30.7. The topological polar surface area (TPSA) is 55.4 Å². The van der Waals surface area contributed by atoms with E-state index in [0.717, 1.165) is 32.2 Å². The van der Waals surface area contributed by atoms with Gasteiger partial charge in [-0.25, -0.2) is 0 Å². The van der Waals surface area contributed by atoms with Crippen molar-refractivity contribution in [2.45, 2.75) is 46.1 Å². The monoisotopic (exact) mass is 770 g/mol. The Balaban J connectivity index is 2.48. The second-order valence-corrected chi connectivity index (χ2v) is 12.8. The maximum Gasteiger partial charge on any atom is 0.154 e. The molecule has 0 unspecified atom stereocenters. The summed E-state index contributed by atoms with van der Waals surface area (Å²) in [4.78, 5) is 0. The molecule has 2 aromatic rings. The van der Waals surface area contributed by atoms with Crippen molar-refractivity contribution in [3.05, 3.63) is 29.0 Å². The predicted octanol–water partition coefficient (Wildman–Crippen LogP) is 9.32. The van der Waals surface area contributed by atoms with Crippen LogP contribution >= 0.6 is 63.7 Å². The minimum absolute atomic E-state index is 0.0611. The van der Waals surface area contributed by atoms with E-state index in [4.69, 9.17) is 28.4 Å². The van der Waals surface area contributed by atoms with Crippen molar-refractivity contribution >= 4 is 63.7 Å². The van der Waals surface area contributed by atoms with Gasteiger partial charge in [-0.2, -0.15) is 0 Å². The van der Waals surface area contributed by atoms with Crippen LogP contribution in [0.5, 0.6) is 34.5 Å². The van der Waals surface area contributed by atoms with Crippen LogP contribution in [0.3, 0.4) is 0 Å². The van der Waals surface area contributed by atoms with Gasteiger partial charge < -0.3 is 28.4 Å². The average molecular weight is 774 g/mol. The number of halogens is 4. The Labute approximate surface area is 253 Å². The van der Waals surface area contributed by atoms with Gasteiger partial charge in [0.15, 0.2) is 11.5 Å². The summed E-state index contributed by atoms with van der Waals surface area (Å²) in [5.41, 5.74) is 1.82. The van der Waals surface area contributed by atoms with Gasteiger partial charge in [-0.15, -0.1) is 0 Å². The van der Waals surface area contributed by atoms with Crippen molar-refractivity contribution in [1.29, 1.82) is 0 Å². The molecular formula is C27H34Br4O6. The standard InChI is InChI=1S/C27H34Br4O6/c1-11(2)10-13-14(12(3)4)21(16-23(33-6)18(29)26(35-8)19(30)24(16)34-7)37-25-15(13)22(32-5)17(28)27(36-9)20(25)31/h11-14,21H,10H2,1-9H3/t13-,14-,21+/m0/s1. The van der Waals surface area contributed by atoms with Gasteiger partial charge in [0.2, 0.25) is 0 Å². The molecule has 2 aromatic carbocycles. The molecule has 3 rings (SSSR count). The Morgan fingerprint density at radius 3 is 1.41 bits per heavy atom. The Bertz CT molecular complexity index is 1120. The highest BCUT2D eigenvalue weighted by atomic mass is 79.9. The molecule has 0 aromatic heterocycles. The Morgan fingerprint density at radius 1 is 0.622 bits per heavy atom. The van der Waals surface area contributed by atoms with Crippen LogP contribution in [0.2, 0.25) is 0 Å². The van der Waals surface area contributed by atoms with Gasteiger partial charge in [-0.3, -0.25) is 0 Å². The average Bonchev–Trinajstić information content (AvgIpc) is 2.84. The molecule has 10 heteroatoms. The van der Waals surface area contributed by atoms with Crippen molar-refractivity contribution in [3.8, 4) is 34.5 Å². The zero-order valence-electron chi connectivity index (χ0n) is 22.6. The smallest absolute Gasteiger partial charge is 0.154 e. The molecule has 0 N–H and O–H groups in total. The van der Waals surface area contributed by atoms with E-state index in [1.54, 1.807) is 35.5 Å². The van der Waals surface area contributed by atoms with Crippen LogP contribution in [0.1, 0.15) is 57.3 Å². The summed E-state index contributed by atoms with van der Waals surface area (Å²) in [6.07, 6.45) is 0.520. The molecular weight excluding hydrogens is 740 g/mol. The van der Waals surface area contributed by atoms with Crippen molar-refractivity contribution in [2.75, 3.05) is 35.5 Å². The van der Waals surface area contributed by atoms with E-state index >= 15 is 0 Å². The zero-order chi connectivity index (χ0) is 27.8. The molecule has 37 heavy (non-hydrogen) atoms. The third kappa shape index (κ3) is 5.33. The Morgan fingerprint density at radius 2 is 1.03 bits per heavy atom. The molecule has 0 radical (unpaired) electrons. The lowest BCUT2D eigenvalue weighted by Crippen LogP contribution is -2.35. The van der Waals surface area contributed by atoms with Gasteiger partial charge in [0.1, 0.15) is 47.0 Å². The van der Waals surface area contributed by atoms with Crippen LogP contribution < -0.4 is 28.4 Å². The van der Waals surface area contributed by atoms with Gasteiger partial charge >= 0.3 is 0 Å². The minimum Gasteiger partial charge on any atom is -0.495 e. The van der Waals surface area contributed by atoms with Crippen LogP contribution in [0.4, 0.5) is 0 Å². The van der Waals surface area contributed by atoms with E-state index in [2.05, 4.69) is 91.4 Å². The Hall–Kier alpha value is -0.840. The fourth-order valence-corrected chi connectivity index (χ4v) is 8.82. The fourth-order valence-electron chi connectivity index (χ4n) is 5.41. The molecule has 1 aliphatic rings. The molecule has 1 heterocycles. The van der Waals surface area contributed by atoms with Crippen LogP contribution in [0.25, 0.3) is 0 Å². The number of hydrogen-bond acceptors (Lipinski definition) is 6. The molecule has 0 spiro atoms. The van der Waals surface area contributed by atoms with Gasteiger partial charge in [0.05, 0.1) is 41.1 Å². The maximum atomic E-state index is 6.97. The van der Waals surface area contributed by atoms with E-state index in [0.29, 0.717) is 43.6 Å². The summed E-state index contributed by atoms with van der Waals surface area (Å²) in [5, 5.41) is 0. The molecule has 1 aliphatic heterocycles. The number of fused-ring (bicyclic) bond motifs is 1. The highest BCUT2D eigenvalue weighted by molar-refractivity contribution is 9.11. The van der Waals surface area contributed by atoms with Gasteiger partial charge in [-0.05, 0) is 87.9 Å². The van der Waals surface area contributed by atoms with Crippen molar-refractivity contribution in [1.82, 2.24) is 0 Å².